The van der Waals surface area contributed by atoms with E-state index < -0.39 is 16.1 Å². The van der Waals surface area contributed by atoms with Gasteiger partial charge in [0.2, 0.25) is 11.8 Å². The Morgan fingerprint density at radius 2 is 1.94 bits per heavy atom. The van der Waals surface area contributed by atoms with E-state index in [1.165, 1.54) is 23.9 Å². The van der Waals surface area contributed by atoms with E-state index in [-0.39, 0.29) is 23.7 Å². The van der Waals surface area contributed by atoms with Gasteiger partial charge in [0.15, 0.2) is 5.17 Å². The van der Waals surface area contributed by atoms with E-state index in [2.05, 4.69) is 10.2 Å². The van der Waals surface area contributed by atoms with Gasteiger partial charge in [0, 0.05) is 38.7 Å². The number of amidine groups is 1. The van der Waals surface area contributed by atoms with Gasteiger partial charge < -0.3 is 10.1 Å². The number of carbonyl (C=O) groups excluding carboxylic acids is 2. The molecule has 2 fully saturated rings. The standard InChI is InChI=1S/C25H29N5O5S/c1-17-7-8-20(21(15-17)30(33)34)26-23(31)16-22-24(32)29(10-9-28-11-13-35-14-12-28)25(36-22)27-19-6-4-3-5-18(19)2/h3-8,15,22H,9-14,16H2,1-2H3,(H,26,31). The summed E-state index contributed by atoms with van der Waals surface area (Å²) in [6.07, 6.45) is -0.116. The fraction of sp³-hybridized carbons (Fsp3) is 0.400. The second-order valence-electron chi connectivity index (χ2n) is 8.76. The van der Waals surface area contributed by atoms with Crippen LogP contribution in [0.25, 0.3) is 0 Å². The smallest absolute Gasteiger partial charge is 0.293 e. The van der Waals surface area contributed by atoms with E-state index in [0.717, 1.165) is 24.3 Å². The molecule has 2 aromatic carbocycles. The molecule has 2 aliphatic rings. The SMILES string of the molecule is Cc1ccc(NC(=O)CC2SC(=Nc3ccccc3C)N(CCN3CCOCC3)C2=O)c([N+](=O)[O-])c1. The Morgan fingerprint density at radius 3 is 2.67 bits per heavy atom. The molecule has 0 saturated carbocycles. The van der Waals surface area contributed by atoms with Crippen molar-refractivity contribution in [2.75, 3.05) is 44.7 Å². The Kier molecular flexibility index (Phi) is 8.34. The van der Waals surface area contributed by atoms with Gasteiger partial charge in [0.05, 0.1) is 23.8 Å². The van der Waals surface area contributed by atoms with Crippen LogP contribution in [0, 0.1) is 24.0 Å². The van der Waals surface area contributed by atoms with E-state index >= 15 is 0 Å². The molecule has 2 saturated heterocycles. The van der Waals surface area contributed by atoms with Crippen LogP contribution in [-0.2, 0) is 14.3 Å². The number of nitrogens with zero attached hydrogens (tertiary/aromatic N) is 4. The fourth-order valence-corrected chi connectivity index (χ4v) is 5.23. The Balaban J connectivity index is 1.50. The van der Waals surface area contributed by atoms with Crippen LogP contribution in [-0.4, -0.2) is 76.3 Å². The number of rotatable bonds is 8. The monoisotopic (exact) mass is 511 g/mol. The zero-order valence-corrected chi connectivity index (χ0v) is 21.1. The van der Waals surface area contributed by atoms with Crippen molar-refractivity contribution in [3.8, 4) is 0 Å². The van der Waals surface area contributed by atoms with E-state index in [0.29, 0.717) is 37.0 Å². The van der Waals surface area contributed by atoms with Crippen molar-refractivity contribution in [3.05, 3.63) is 63.7 Å². The first kappa shape index (κ1) is 25.8. The number of nitro benzene ring substituents is 1. The van der Waals surface area contributed by atoms with Crippen LogP contribution in [0.2, 0.25) is 0 Å². The molecule has 0 spiro atoms. The van der Waals surface area contributed by atoms with Gasteiger partial charge in [-0.15, -0.1) is 0 Å². The number of aryl methyl sites for hydroxylation is 2. The number of anilines is 1. The number of para-hydroxylation sites is 1. The van der Waals surface area contributed by atoms with Gasteiger partial charge in [-0.3, -0.25) is 29.5 Å². The lowest BCUT2D eigenvalue weighted by Crippen LogP contribution is -2.43. The summed E-state index contributed by atoms with van der Waals surface area (Å²) < 4.78 is 5.41. The summed E-state index contributed by atoms with van der Waals surface area (Å²) in [5.74, 6) is -0.646. The van der Waals surface area contributed by atoms with Crippen molar-refractivity contribution in [1.29, 1.82) is 0 Å². The van der Waals surface area contributed by atoms with Crippen LogP contribution in [0.4, 0.5) is 17.1 Å². The number of aliphatic imine (C=N–C) groups is 1. The fourth-order valence-electron chi connectivity index (χ4n) is 4.06. The summed E-state index contributed by atoms with van der Waals surface area (Å²) in [5, 5.41) is 13.9. The molecule has 4 rings (SSSR count). The Labute approximate surface area is 213 Å². The summed E-state index contributed by atoms with van der Waals surface area (Å²) in [4.78, 5) is 45.7. The molecule has 2 heterocycles. The van der Waals surface area contributed by atoms with Crippen molar-refractivity contribution in [3.63, 3.8) is 0 Å². The lowest BCUT2D eigenvalue weighted by Gasteiger charge is -2.28. The second kappa shape index (κ2) is 11.6. The molecular formula is C25H29N5O5S. The van der Waals surface area contributed by atoms with E-state index in [1.54, 1.807) is 17.9 Å². The Hall–Kier alpha value is -3.28. The number of hydrogen-bond acceptors (Lipinski definition) is 8. The third-order valence-corrected chi connectivity index (χ3v) is 7.27. The largest absolute Gasteiger partial charge is 0.379 e. The van der Waals surface area contributed by atoms with Gasteiger partial charge >= 0.3 is 0 Å². The number of benzene rings is 2. The molecule has 36 heavy (non-hydrogen) atoms. The van der Waals surface area contributed by atoms with E-state index in [4.69, 9.17) is 9.73 Å². The number of ether oxygens (including phenoxy) is 1. The molecule has 10 nitrogen and oxygen atoms in total. The number of carbonyl (C=O) groups is 2. The molecule has 2 aliphatic heterocycles. The molecule has 1 N–H and O–H groups in total. The number of thioether (sulfide) groups is 1. The highest BCUT2D eigenvalue weighted by Gasteiger charge is 2.39. The van der Waals surface area contributed by atoms with Crippen molar-refractivity contribution in [2.45, 2.75) is 25.5 Å². The van der Waals surface area contributed by atoms with Crippen LogP contribution < -0.4 is 5.32 Å². The van der Waals surface area contributed by atoms with Gasteiger partial charge in [0.25, 0.3) is 5.69 Å². The zero-order chi connectivity index (χ0) is 25.7. The van der Waals surface area contributed by atoms with Gasteiger partial charge in [-0.2, -0.15) is 0 Å². The van der Waals surface area contributed by atoms with Crippen molar-refractivity contribution >= 4 is 45.8 Å². The summed E-state index contributed by atoms with van der Waals surface area (Å²) in [7, 11) is 0. The zero-order valence-electron chi connectivity index (χ0n) is 20.3. The quantitative estimate of drug-likeness (QED) is 0.426. The highest BCUT2D eigenvalue weighted by molar-refractivity contribution is 8.15. The maximum Gasteiger partial charge on any atom is 0.293 e. The van der Waals surface area contributed by atoms with Crippen LogP contribution in [0.3, 0.4) is 0 Å². The van der Waals surface area contributed by atoms with E-state index in [9.17, 15) is 19.7 Å². The molecule has 0 aromatic heterocycles. The molecule has 0 aliphatic carbocycles. The molecule has 2 aromatic rings. The van der Waals surface area contributed by atoms with Gasteiger partial charge in [-0.05, 0) is 37.1 Å². The van der Waals surface area contributed by atoms with Crippen LogP contribution in [0.5, 0.6) is 0 Å². The average molecular weight is 512 g/mol. The second-order valence-corrected chi connectivity index (χ2v) is 9.93. The lowest BCUT2D eigenvalue weighted by atomic mass is 10.2. The molecule has 0 radical (unpaired) electrons. The number of nitrogens with one attached hydrogen (secondary N) is 1. The Bertz CT molecular complexity index is 1180. The number of nitro groups is 1. The first-order valence-corrected chi connectivity index (χ1v) is 12.7. The van der Waals surface area contributed by atoms with Crippen LogP contribution >= 0.6 is 11.8 Å². The van der Waals surface area contributed by atoms with Crippen molar-refractivity contribution in [2.24, 2.45) is 4.99 Å². The predicted octanol–water partition coefficient (Wildman–Crippen LogP) is 3.50. The van der Waals surface area contributed by atoms with Crippen molar-refractivity contribution in [1.82, 2.24) is 9.80 Å². The molecular weight excluding hydrogens is 482 g/mol. The summed E-state index contributed by atoms with van der Waals surface area (Å²) in [6.45, 7) is 7.78. The molecule has 190 valence electrons. The molecule has 0 bridgehead atoms. The minimum absolute atomic E-state index is 0.115. The van der Waals surface area contributed by atoms with Gasteiger partial charge in [-0.25, -0.2) is 4.99 Å². The molecule has 2 amide bonds. The van der Waals surface area contributed by atoms with Crippen LogP contribution in [0.1, 0.15) is 17.5 Å². The van der Waals surface area contributed by atoms with Crippen LogP contribution in [0.15, 0.2) is 47.5 Å². The molecule has 1 atom stereocenters. The first-order chi connectivity index (χ1) is 17.3. The number of hydrogen-bond donors (Lipinski definition) is 1. The lowest BCUT2D eigenvalue weighted by molar-refractivity contribution is -0.384. The molecule has 1 unspecified atom stereocenters. The third-order valence-electron chi connectivity index (χ3n) is 6.09. The van der Waals surface area contributed by atoms with Gasteiger partial charge in [0.1, 0.15) is 10.9 Å². The highest BCUT2D eigenvalue weighted by Crippen LogP contribution is 2.33. The predicted molar refractivity (Wildman–Crippen MR) is 140 cm³/mol. The first-order valence-electron chi connectivity index (χ1n) is 11.8. The Morgan fingerprint density at radius 1 is 1.19 bits per heavy atom. The minimum atomic E-state index is -0.665. The minimum Gasteiger partial charge on any atom is -0.379 e. The highest BCUT2D eigenvalue weighted by atomic mass is 32.2. The topological polar surface area (TPSA) is 117 Å². The third kappa shape index (κ3) is 6.28. The van der Waals surface area contributed by atoms with E-state index in [1.807, 2.05) is 31.2 Å². The maximum absolute atomic E-state index is 13.4. The number of morpholine rings is 1. The normalized spacial score (nSPS) is 19.6. The van der Waals surface area contributed by atoms with Crippen molar-refractivity contribution < 1.29 is 19.2 Å². The average Bonchev–Trinajstić information content (AvgIpc) is 3.14. The number of amides is 2. The van der Waals surface area contributed by atoms with Gasteiger partial charge in [-0.1, -0.05) is 36.0 Å². The summed E-state index contributed by atoms with van der Waals surface area (Å²) >= 11 is 1.26. The maximum atomic E-state index is 13.4. The summed E-state index contributed by atoms with van der Waals surface area (Å²) in [5.41, 5.74) is 2.41. The molecule has 11 heteroatoms. The summed E-state index contributed by atoms with van der Waals surface area (Å²) in [6, 6.07) is 12.3.